The molecule has 134 valence electrons. The van der Waals surface area contributed by atoms with Crippen molar-refractivity contribution < 1.29 is 9.18 Å². The van der Waals surface area contributed by atoms with Gasteiger partial charge in [0.25, 0.3) is 0 Å². The first kappa shape index (κ1) is 18.6. The average Bonchev–Trinajstić information content (AvgIpc) is 2.90. The lowest BCUT2D eigenvalue weighted by Gasteiger charge is -2.08. The molecule has 3 nitrogen and oxygen atoms in total. The molecule has 0 saturated carbocycles. The van der Waals surface area contributed by atoms with Gasteiger partial charge in [0, 0.05) is 16.5 Å². The zero-order chi connectivity index (χ0) is 18.5. The van der Waals surface area contributed by atoms with E-state index in [1.54, 1.807) is 6.07 Å². The maximum absolute atomic E-state index is 13.8. The summed E-state index contributed by atoms with van der Waals surface area (Å²) < 4.78 is 13.8. The van der Waals surface area contributed by atoms with Crippen LogP contribution in [0.4, 0.5) is 9.39 Å². The van der Waals surface area contributed by atoms with Gasteiger partial charge in [-0.05, 0) is 49.5 Å². The van der Waals surface area contributed by atoms with Gasteiger partial charge in [-0.25, -0.2) is 4.39 Å². The number of fused-ring (bicyclic) bond motifs is 1. The van der Waals surface area contributed by atoms with Crippen molar-refractivity contribution in [1.29, 1.82) is 5.26 Å². The number of nitriles is 1. The maximum Gasteiger partial charge on any atom is 0.249 e. The van der Waals surface area contributed by atoms with Gasteiger partial charge in [0.05, 0.1) is 10.6 Å². The predicted octanol–water partition coefficient (Wildman–Crippen LogP) is 5.72. The molecule has 0 saturated heterocycles. The third kappa shape index (κ3) is 4.14. The van der Waals surface area contributed by atoms with Gasteiger partial charge in [-0.1, -0.05) is 30.5 Å². The highest BCUT2D eigenvalue weighted by atomic mass is 35.5. The number of benzene rings is 1. The van der Waals surface area contributed by atoms with Gasteiger partial charge in [0.1, 0.15) is 16.9 Å². The molecule has 1 aliphatic carbocycles. The first-order chi connectivity index (χ1) is 12.6. The third-order valence-electron chi connectivity index (χ3n) is 4.42. The van der Waals surface area contributed by atoms with Gasteiger partial charge >= 0.3 is 0 Å². The van der Waals surface area contributed by atoms with Crippen LogP contribution >= 0.6 is 22.9 Å². The van der Waals surface area contributed by atoms with Crippen LogP contribution in [0.5, 0.6) is 0 Å². The summed E-state index contributed by atoms with van der Waals surface area (Å²) in [5.74, 6) is -0.895. The van der Waals surface area contributed by atoms with Gasteiger partial charge in [0.2, 0.25) is 5.91 Å². The highest BCUT2D eigenvalue weighted by Crippen LogP contribution is 2.36. The number of aryl methyl sites for hydroxylation is 1. The van der Waals surface area contributed by atoms with E-state index in [1.165, 1.54) is 53.3 Å². The minimum atomic E-state index is -0.488. The molecule has 6 heteroatoms. The van der Waals surface area contributed by atoms with Crippen molar-refractivity contribution in [3.8, 4) is 6.07 Å². The van der Waals surface area contributed by atoms with Crippen LogP contribution in [-0.4, -0.2) is 5.91 Å². The van der Waals surface area contributed by atoms with E-state index in [-0.39, 0.29) is 10.6 Å². The Bertz CT molecular complexity index is 878. The number of anilines is 1. The van der Waals surface area contributed by atoms with Crippen molar-refractivity contribution in [1.82, 2.24) is 0 Å². The number of amides is 1. The Labute approximate surface area is 161 Å². The number of nitrogens with zero attached hydrogens (tertiary/aromatic N) is 1. The molecule has 1 aromatic heterocycles. The van der Waals surface area contributed by atoms with Crippen LogP contribution in [0.3, 0.4) is 0 Å². The van der Waals surface area contributed by atoms with Gasteiger partial charge < -0.3 is 5.32 Å². The van der Waals surface area contributed by atoms with Crippen molar-refractivity contribution in [2.45, 2.75) is 38.5 Å². The van der Waals surface area contributed by atoms with Crippen LogP contribution in [0, 0.1) is 17.1 Å². The Hall–Kier alpha value is -2.16. The number of hydrogen-bond acceptors (Lipinski definition) is 3. The highest BCUT2D eigenvalue weighted by Gasteiger charge is 2.20. The molecule has 0 unspecified atom stereocenters. The average molecular weight is 389 g/mol. The Morgan fingerprint density at radius 1 is 1.27 bits per heavy atom. The Balaban J connectivity index is 1.80. The number of rotatable bonds is 3. The van der Waals surface area contributed by atoms with E-state index in [1.807, 2.05) is 0 Å². The summed E-state index contributed by atoms with van der Waals surface area (Å²) in [7, 11) is 0. The molecule has 1 N–H and O–H groups in total. The standard InChI is InChI=1S/C20H18ClFN2OS/c21-16-7-5-8-17(22)14(16)10-11-19(25)24-20-15(12-23)13-6-3-1-2-4-9-18(13)26-20/h5,7-8,10-11H,1-4,6,9H2,(H,24,25)/b11-10+. The van der Waals surface area contributed by atoms with Crippen LogP contribution in [-0.2, 0) is 17.6 Å². The fraction of sp³-hybridized carbons (Fsp3) is 0.300. The molecule has 2 aromatic rings. The third-order valence-corrected chi connectivity index (χ3v) is 5.96. The summed E-state index contributed by atoms with van der Waals surface area (Å²) in [5.41, 5.74) is 1.81. The van der Waals surface area contributed by atoms with E-state index >= 15 is 0 Å². The zero-order valence-electron chi connectivity index (χ0n) is 14.1. The van der Waals surface area contributed by atoms with Crippen LogP contribution < -0.4 is 5.32 Å². The lowest BCUT2D eigenvalue weighted by Crippen LogP contribution is -2.08. The SMILES string of the molecule is N#Cc1c(NC(=O)/C=C/c2c(F)cccc2Cl)sc2c1CCCCCC2. The Morgan fingerprint density at radius 2 is 2.04 bits per heavy atom. The maximum atomic E-state index is 13.8. The molecule has 0 aliphatic heterocycles. The van der Waals surface area contributed by atoms with Crippen molar-refractivity contribution in [3.63, 3.8) is 0 Å². The molecule has 1 aromatic carbocycles. The summed E-state index contributed by atoms with van der Waals surface area (Å²) >= 11 is 7.43. The van der Waals surface area contributed by atoms with E-state index in [2.05, 4.69) is 11.4 Å². The second-order valence-corrected chi connectivity index (χ2v) is 7.70. The number of carbonyl (C=O) groups excluding carboxylic acids is 1. The van der Waals surface area contributed by atoms with Crippen molar-refractivity contribution in [3.05, 3.63) is 56.7 Å². The quantitative estimate of drug-likeness (QED) is 0.683. The molecule has 0 atom stereocenters. The second kappa shape index (κ2) is 8.48. The van der Waals surface area contributed by atoms with E-state index in [0.29, 0.717) is 10.6 Å². The van der Waals surface area contributed by atoms with Crippen LogP contribution in [0.25, 0.3) is 6.08 Å². The number of halogens is 2. The summed E-state index contributed by atoms with van der Waals surface area (Å²) in [4.78, 5) is 13.5. The smallest absolute Gasteiger partial charge is 0.249 e. The summed E-state index contributed by atoms with van der Waals surface area (Å²) in [6.45, 7) is 0. The summed E-state index contributed by atoms with van der Waals surface area (Å²) in [6.07, 6.45) is 8.97. The Kier molecular flexibility index (Phi) is 6.08. The molecular formula is C20H18ClFN2OS. The molecule has 1 aliphatic rings. The van der Waals surface area contributed by atoms with E-state index in [0.717, 1.165) is 31.2 Å². The minimum Gasteiger partial charge on any atom is -0.313 e. The molecule has 0 bridgehead atoms. The molecule has 1 heterocycles. The number of thiophene rings is 1. The number of hydrogen-bond donors (Lipinski definition) is 1. The van der Waals surface area contributed by atoms with E-state index < -0.39 is 11.7 Å². The molecule has 0 fully saturated rings. The zero-order valence-corrected chi connectivity index (χ0v) is 15.7. The van der Waals surface area contributed by atoms with Gasteiger partial charge in [-0.15, -0.1) is 11.3 Å². The Morgan fingerprint density at radius 3 is 2.77 bits per heavy atom. The predicted molar refractivity (Wildman–Crippen MR) is 104 cm³/mol. The van der Waals surface area contributed by atoms with Crippen LogP contribution in [0.2, 0.25) is 5.02 Å². The lowest BCUT2D eigenvalue weighted by molar-refractivity contribution is -0.111. The molecule has 1 amide bonds. The monoisotopic (exact) mass is 388 g/mol. The summed E-state index contributed by atoms with van der Waals surface area (Å²) in [6, 6.07) is 6.60. The highest BCUT2D eigenvalue weighted by molar-refractivity contribution is 7.16. The van der Waals surface area contributed by atoms with Gasteiger partial charge in [-0.3, -0.25) is 4.79 Å². The minimum absolute atomic E-state index is 0.170. The fourth-order valence-corrected chi connectivity index (χ4v) is 4.58. The van der Waals surface area contributed by atoms with Crippen molar-refractivity contribution >= 4 is 39.9 Å². The number of nitrogens with one attached hydrogen (secondary N) is 1. The molecule has 0 spiro atoms. The molecule has 3 rings (SSSR count). The summed E-state index contributed by atoms with van der Waals surface area (Å²) in [5, 5.41) is 13.1. The molecular weight excluding hydrogens is 371 g/mol. The van der Waals surface area contributed by atoms with Gasteiger partial charge in [0.15, 0.2) is 0 Å². The fourth-order valence-electron chi connectivity index (χ4n) is 3.11. The lowest BCUT2D eigenvalue weighted by atomic mass is 9.97. The second-order valence-electron chi connectivity index (χ2n) is 6.19. The number of carbonyl (C=O) groups is 1. The van der Waals surface area contributed by atoms with E-state index in [9.17, 15) is 14.4 Å². The van der Waals surface area contributed by atoms with Crippen LogP contribution in [0.1, 0.15) is 47.3 Å². The van der Waals surface area contributed by atoms with Gasteiger partial charge in [-0.2, -0.15) is 5.26 Å². The normalized spacial score (nSPS) is 14.3. The largest absolute Gasteiger partial charge is 0.313 e. The first-order valence-corrected chi connectivity index (χ1v) is 9.77. The van der Waals surface area contributed by atoms with Crippen molar-refractivity contribution in [2.75, 3.05) is 5.32 Å². The van der Waals surface area contributed by atoms with Crippen molar-refractivity contribution in [2.24, 2.45) is 0 Å². The molecule has 0 radical (unpaired) electrons. The first-order valence-electron chi connectivity index (χ1n) is 8.58. The molecule has 26 heavy (non-hydrogen) atoms. The van der Waals surface area contributed by atoms with E-state index in [4.69, 9.17) is 11.6 Å². The topological polar surface area (TPSA) is 52.9 Å². The van der Waals surface area contributed by atoms with Crippen LogP contribution in [0.15, 0.2) is 24.3 Å².